The average molecular weight is 353 g/mol. The minimum Gasteiger partial charge on any atom is -0.443 e. The summed E-state index contributed by atoms with van der Waals surface area (Å²) < 4.78 is 16.1. The third-order valence-corrected chi connectivity index (χ3v) is 4.45. The Balaban J connectivity index is 1.62. The maximum absolute atomic E-state index is 13.2. The van der Waals surface area contributed by atoms with Crippen LogP contribution in [0.5, 0.6) is 0 Å². The molecule has 134 valence electrons. The van der Waals surface area contributed by atoms with Crippen molar-refractivity contribution >= 4 is 5.91 Å². The Morgan fingerprint density at radius 3 is 2.88 bits per heavy atom. The molecule has 4 rings (SSSR count). The molecular formula is C19H19N3O4. The number of nitrogens with zero attached hydrogens (tertiary/aromatic N) is 3. The van der Waals surface area contributed by atoms with Crippen molar-refractivity contribution in [2.24, 2.45) is 0 Å². The first kappa shape index (κ1) is 16.5. The average Bonchev–Trinajstić information content (AvgIpc) is 3.24. The summed E-state index contributed by atoms with van der Waals surface area (Å²) in [5.41, 5.74) is 2.71. The van der Waals surface area contributed by atoms with Crippen molar-refractivity contribution in [2.75, 3.05) is 13.7 Å². The molecule has 1 aromatic carbocycles. The number of oxazole rings is 1. The number of aryl methyl sites for hydroxylation is 1. The highest BCUT2D eigenvalue weighted by Crippen LogP contribution is 2.28. The van der Waals surface area contributed by atoms with E-state index in [1.165, 1.54) is 0 Å². The molecule has 0 saturated carbocycles. The van der Waals surface area contributed by atoms with Crippen molar-refractivity contribution in [3.05, 3.63) is 59.0 Å². The van der Waals surface area contributed by atoms with Gasteiger partial charge >= 0.3 is 0 Å². The van der Waals surface area contributed by atoms with Gasteiger partial charge in [0.05, 0.1) is 6.54 Å². The van der Waals surface area contributed by atoms with E-state index in [1.807, 2.05) is 30.3 Å². The predicted octanol–water partition coefficient (Wildman–Crippen LogP) is 2.98. The number of fused-ring (bicyclic) bond motifs is 1. The molecule has 0 saturated heterocycles. The van der Waals surface area contributed by atoms with Gasteiger partial charge in [-0.25, -0.2) is 4.98 Å². The number of ether oxygens (including phenoxy) is 1. The summed E-state index contributed by atoms with van der Waals surface area (Å²) in [7, 11) is 1.60. The number of amides is 1. The Morgan fingerprint density at radius 2 is 2.12 bits per heavy atom. The molecule has 2 aromatic heterocycles. The fourth-order valence-corrected chi connectivity index (χ4v) is 3.19. The molecule has 0 bridgehead atoms. The van der Waals surface area contributed by atoms with Gasteiger partial charge in [0.2, 0.25) is 5.89 Å². The molecule has 0 atom stereocenters. The third kappa shape index (κ3) is 2.90. The zero-order valence-electron chi connectivity index (χ0n) is 14.7. The fraction of sp³-hybridized carbons (Fsp3) is 0.316. The second-order valence-corrected chi connectivity index (χ2v) is 6.22. The molecule has 3 heterocycles. The highest BCUT2D eigenvalue weighted by Gasteiger charge is 2.30. The minimum absolute atomic E-state index is 0.107. The SMILES string of the molecule is COCc1nc2c(o1)CCN(C(=O)c1c(-c3ccccc3)noc1C)C2. The standard InChI is InChI=1S/C19H19N3O4/c1-12-17(18(21-26-12)13-6-4-3-5-7-13)19(23)22-9-8-15-14(10-22)20-16(25-15)11-24-2/h3-7H,8-11H2,1-2H3. The number of carbonyl (C=O) groups excluding carboxylic acids is 1. The zero-order valence-corrected chi connectivity index (χ0v) is 14.7. The van der Waals surface area contributed by atoms with Crippen LogP contribution in [0.2, 0.25) is 0 Å². The molecule has 0 spiro atoms. The van der Waals surface area contributed by atoms with E-state index in [-0.39, 0.29) is 5.91 Å². The molecule has 7 nitrogen and oxygen atoms in total. The second-order valence-electron chi connectivity index (χ2n) is 6.22. The lowest BCUT2D eigenvalue weighted by Gasteiger charge is -2.25. The Kier molecular flexibility index (Phi) is 4.30. The largest absolute Gasteiger partial charge is 0.443 e. The molecule has 1 aliphatic heterocycles. The first-order valence-electron chi connectivity index (χ1n) is 8.44. The van der Waals surface area contributed by atoms with E-state index in [4.69, 9.17) is 13.7 Å². The van der Waals surface area contributed by atoms with Crippen LogP contribution in [-0.2, 0) is 24.3 Å². The molecule has 26 heavy (non-hydrogen) atoms. The number of hydrogen-bond acceptors (Lipinski definition) is 6. The van der Waals surface area contributed by atoms with Crippen LogP contribution >= 0.6 is 0 Å². The Labute approximate surface area is 150 Å². The first-order valence-corrected chi connectivity index (χ1v) is 8.44. The maximum atomic E-state index is 13.2. The van der Waals surface area contributed by atoms with E-state index in [9.17, 15) is 4.79 Å². The number of hydrogen-bond donors (Lipinski definition) is 0. The van der Waals surface area contributed by atoms with Crippen LogP contribution in [0.3, 0.4) is 0 Å². The molecule has 0 radical (unpaired) electrons. The van der Waals surface area contributed by atoms with Crippen molar-refractivity contribution in [2.45, 2.75) is 26.5 Å². The van der Waals surface area contributed by atoms with Gasteiger partial charge in [0.25, 0.3) is 5.91 Å². The van der Waals surface area contributed by atoms with Crippen molar-refractivity contribution in [1.82, 2.24) is 15.0 Å². The summed E-state index contributed by atoms with van der Waals surface area (Å²) >= 11 is 0. The summed E-state index contributed by atoms with van der Waals surface area (Å²) in [6, 6.07) is 9.57. The van der Waals surface area contributed by atoms with Crippen LogP contribution in [0, 0.1) is 6.92 Å². The van der Waals surface area contributed by atoms with Crippen molar-refractivity contribution in [3.63, 3.8) is 0 Å². The van der Waals surface area contributed by atoms with Crippen molar-refractivity contribution < 1.29 is 18.5 Å². The van der Waals surface area contributed by atoms with Crippen LogP contribution in [-0.4, -0.2) is 34.6 Å². The number of methoxy groups -OCH3 is 1. The van der Waals surface area contributed by atoms with Crippen LogP contribution in [0.1, 0.15) is 33.5 Å². The molecule has 1 aliphatic rings. The Morgan fingerprint density at radius 1 is 1.31 bits per heavy atom. The van der Waals surface area contributed by atoms with Crippen molar-refractivity contribution in [3.8, 4) is 11.3 Å². The molecule has 0 fully saturated rings. The van der Waals surface area contributed by atoms with Gasteiger partial charge in [-0.2, -0.15) is 0 Å². The Hall–Kier alpha value is -2.93. The van der Waals surface area contributed by atoms with Gasteiger partial charge in [-0.05, 0) is 6.92 Å². The lowest BCUT2D eigenvalue weighted by atomic mass is 10.0. The molecular weight excluding hydrogens is 334 g/mol. The van der Waals surface area contributed by atoms with Gasteiger partial charge in [-0.3, -0.25) is 4.79 Å². The van der Waals surface area contributed by atoms with Crippen molar-refractivity contribution in [1.29, 1.82) is 0 Å². The van der Waals surface area contributed by atoms with Gasteiger partial charge < -0.3 is 18.6 Å². The highest BCUT2D eigenvalue weighted by molar-refractivity contribution is 6.00. The zero-order chi connectivity index (χ0) is 18.1. The predicted molar refractivity (Wildman–Crippen MR) is 92.3 cm³/mol. The Bertz CT molecular complexity index is 930. The van der Waals surface area contributed by atoms with Gasteiger partial charge in [0.1, 0.15) is 35.1 Å². The van der Waals surface area contributed by atoms with Gasteiger partial charge in [0.15, 0.2) is 0 Å². The topological polar surface area (TPSA) is 81.6 Å². The van der Waals surface area contributed by atoms with Crippen LogP contribution in [0.4, 0.5) is 0 Å². The summed E-state index contributed by atoms with van der Waals surface area (Å²) in [4.78, 5) is 19.4. The molecule has 0 aliphatic carbocycles. The molecule has 7 heteroatoms. The fourth-order valence-electron chi connectivity index (χ4n) is 3.19. The second kappa shape index (κ2) is 6.76. The van der Waals surface area contributed by atoms with Gasteiger partial charge in [-0.15, -0.1) is 0 Å². The number of benzene rings is 1. The van der Waals surface area contributed by atoms with E-state index in [0.717, 1.165) is 17.0 Å². The van der Waals surface area contributed by atoms with Gasteiger partial charge in [-0.1, -0.05) is 35.5 Å². The van der Waals surface area contributed by atoms with E-state index in [0.29, 0.717) is 49.0 Å². The summed E-state index contributed by atoms with van der Waals surface area (Å²) in [5, 5.41) is 4.10. The van der Waals surface area contributed by atoms with E-state index in [1.54, 1.807) is 18.9 Å². The summed E-state index contributed by atoms with van der Waals surface area (Å²) in [5.74, 6) is 1.77. The van der Waals surface area contributed by atoms with Gasteiger partial charge in [0, 0.05) is 25.6 Å². The minimum atomic E-state index is -0.107. The van der Waals surface area contributed by atoms with Crippen LogP contribution in [0.25, 0.3) is 11.3 Å². The molecule has 0 unspecified atom stereocenters. The maximum Gasteiger partial charge on any atom is 0.260 e. The molecule has 3 aromatic rings. The lowest BCUT2D eigenvalue weighted by Crippen LogP contribution is -2.36. The van der Waals surface area contributed by atoms with Crippen LogP contribution < -0.4 is 0 Å². The normalized spacial score (nSPS) is 13.7. The quantitative estimate of drug-likeness (QED) is 0.717. The highest BCUT2D eigenvalue weighted by atomic mass is 16.5. The monoisotopic (exact) mass is 353 g/mol. The van der Waals surface area contributed by atoms with E-state index >= 15 is 0 Å². The number of aromatic nitrogens is 2. The van der Waals surface area contributed by atoms with E-state index in [2.05, 4.69) is 10.1 Å². The number of rotatable bonds is 4. The first-order chi connectivity index (χ1) is 12.7. The van der Waals surface area contributed by atoms with Crippen LogP contribution in [0.15, 0.2) is 39.3 Å². The molecule has 1 amide bonds. The molecule has 0 N–H and O–H groups in total. The smallest absolute Gasteiger partial charge is 0.260 e. The van der Waals surface area contributed by atoms with E-state index < -0.39 is 0 Å². The third-order valence-electron chi connectivity index (χ3n) is 4.45. The summed E-state index contributed by atoms with van der Waals surface area (Å²) in [6.45, 7) is 3.05. The summed E-state index contributed by atoms with van der Waals surface area (Å²) in [6.07, 6.45) is 0.628. The number of carbonyl (C=O) groups is 1. The lowest BCUT2D eigenvalue weighted by molar-refractivity contribution is 0.0726.